The van der Waals surface area contributed by atoms with Crippen LogP contribution in [0, 0.1) is 5.92 Å². The molecule has 0 saturated heterocycles. The maximum atomic E-state index is 13.1. The Bertz CT molecular complexity index is 1010. The second-order valence-corrected chi connectivity index (χ2v) is 11.9. The molecule has 0 bridgehead atoms. The number of carbonyl (C=O) groups excluding carboxylic acids is 2. The maximum absolute atomic E-state index is 13.1. The summed E-state index contributed by atoms with van der Waals surface area (Å²) < 4.78 is 49.3. The van der Waals surface area contributed by atoms with Crippen LogP contribution in [0.1, 0.15) is 48.5 Å². The summed E-state index contributed by atoms with van der Waals surface area (Å²) in [5, 5.41) is -1.03. The summed E-state index contributed by atoms with van der Waals surface area (Å²) in [7, 11) is -7.00. The molecule has 0 radical (unpaired) electrons. The number of Topliss-reactive ketones (excluding diaryl/α,β-unsaturated/α-hetero) is 2. The van der Waals surface area contributed by atoms with Gasteiger partial charge >= 0.3 is 0 Å². The van der Waals surface area contributed by atoms with Gasteiger partial charge in [0, 0.05) is 12.0 Å². The van der Waals surface area contributed by atoms with E-state index >= 15 is 0 Å². The lowest BCUT2D eigenvalue weighted by Gasteiger charge is -2.29. The van der Waals surface area contributed by atoms with Gasteiger partial charge in [-0.2, -0.15) is 0 Å². The molecule has 0 spiro atoms. The first kappa shape index (κ1) is 20.5. The fourth-order valence-electron chi connectivity index (χ4n) is 3.98. The summed E-state index contributed by atoms with van der Waals surface area (Å²) in [6.07, 6.45) is 1.47. The van der Waals surface area contributed by atoms with Gasteiger partial charge in [0.2, 0.25) is 0 Å². The van der Waals surface area contributed by atoms with Crippen LogP contribution < -0.4 is 0 Å². The number of benzene rings is 1. The summed E-state index contributed by atoms with van der Waals surface area (Å²) in [5.41, 5.74) is 0.406. The van der Waals surface area contributed by atoms with Crippen LogP contribution in [-0.2, 0) is 30.9 Å². The van der Waals surface area contributed by atoms with Crippen molar-refractivity contribution < 1.29 is 26.4 Å². The molecular formula is C18H21ClO6S2. The first-order valence-electron chi connectivity index (χ1n) is 8.92. The second kappa shape index (κ2) is 7.29. The molecule has 1 aromatic carbocycles. The highest BCUT2D eigenvalue weighted by Gasteiger charge is 2.45. The van der Waals surface area contributed by atoms with E-state index in [1.807, 2.05) is 0 Å². The van der Waals surface area contributed by atoms with Crippen LogP contribution in [0.5, 0.6) is 0 Å². The van der Waals surface area contributed by atoms with Gasteiger partial charge < -0.3 is 0 Å². The third kappa shape index (κ3) is 3.59. The van der Waals surface area contributed by atoms with Gasteiger partial charge in [0.25, 0.3) is 0 Å². The molecule has 0 aromatic heterocycles. The quantitative estimate of drug-likeness (QED) is 0.523. The molecule has 6 nitrogen and oxygen atoms in total. The fourth-order valence-corrected chi connectivity index (χ4v) is 8.02. The average Bonchev–Trinajstić information content (AvgIpc) is 2.90. The standard InChI is InChI=1S/C18H21ClO6S2/c1-2-9-26(22,23)15-5-3-4-13(20)16(15)18(21)12-6-7-14-11(17(12)19)8-10-27(14,24)25/h6-7,15-16H,2-5,8-10H2,1H3. The molecule has 0 amide bonds. The molecule has 3 rings (SSSR count). The highest BCUT2D eigenvalue weighted by molar-refractivity contribution is 7.92. The Morgan fingerprint density at radius 2 is 1.96 bits per heavy atom. The van der Waals surface area contributed by atoms with Crippen LogP contribution in [-0.4, -0.2) is 45.2 Å². The Hall–Kier alpha value is -1.25. The van der Waals surface area contributed by atoms with Crippen molar-refractivity contribution in [1.82, 2.24) is 0 Å². The highest BCUT2D eigenvalue weighted by Crippen LogP contribution is 2.37. The van der Waals surface area contributed by atoms with Gasteiger partial charge in [-0.15, -0.1) is 0 Å². The minimum Gasteiger partial charge on any atom is -0.299 e. The van der Waals surface area contributed by atoms with Gasteiger partial charge in [-0.25, -0.2) is 16.8 Å². The summed E-state index contributed by atoms with van der Waals surface area (Å²) >= 11 is 6.32. The Labute approximate surface area is 164 Å². The molecule has 2 unspecified atom stereocenters. The third-order valence-electron chi connectivity index (χ3n) is 5.28. The molecule has 1 aliphatic carbocycles. The van der Waals surface area contributed by atoms with Crippen molar-refractivity contribution in [3.05, 3.63) is 28.3 Å². The number of sulfone groups is 2. The highest BCUT2D eigenvalue weighted by atomic mass is 35.5. The zero-order chi connectivity index (χ0) is 20.0. The van der Waals surface area contributed by atoms with E-state index in [0.29, 0.717) is 18.4 Å². The van der Waals surface area contributed by atoms with Gasteiger partial charge in [0.05, 0.1) is 32.6 Å². The molecule has 1 saturated carbocycles. The van der Waals surface area contributed by atoms with Gasteiger partial charge in [-0.1, -0.05) is 18.5 Å². The molecule has 2 atom stereocenters. The van der Waals surface area contributed by atoms with Crippen molar-refractivity contribution in [1.29, 1.82) is 0 Å². The lowest BCUT2D eigenvalue weighted by molar-refractivity contribution is -0.122. The summed E-state index contributed by atoms with van der Waals surface area (Å²) in [6, 6.07) is 2.64. The maximum Gasteiger partial charge on any atom is 0.179 e. The Morgan fingerprint density at radius 1 is 1.26 bits per heavy atom. The van der Waals surface area contributed by atoms with Gasteiger partial charge in [-0.3, -0.25) is 9.59 Å². The number of rotatable bonds is 5. The Morgan fingerprint density at radius 3 is 2.63 bits per heavy atom. The van der Waals surface area contributed by atoms with Crippen molar-refractivity contribution in [2.75, 3.05) is 11.5 Å². The number of ketones is 2. The molecule has 2 aliphatic rings. The zero-order valence-corrected chi connectivity index (χ0v) is 17.3. The molecule has 27 heavy (non-hydrogen) atoms. The van der Waals surface area contributed by atoms with Crippen molar-refractivity contribution in [3.63, 3.8) is 0 Å². The van der Waals surface area contributed by atoms with E-state index < -0.39 is 36.6 Å². The van der Waals surface area contributed by atoms with Crippen LogP contribution >= 0.6 is 11.6 Å². The molecule has 1 aromatic rings. The van der Waals surface area contributed by atoms with E-state index in [0.717, 1.165) is 0 Å². The smallest absolute Gasteiger partial charge is 0.179 e. The topological polar surface area (TPSA) is 102 Å². The molecule has 148 valence electrons. The molecular weight excluding hydrogens is 412 g/mol. The Kier molecular flexibility index (Phi) is 5.53. The minimum absolute atomic E-state index is 0.0172. The molecule has 1 aliphatic heterocycles. The van der Waals surface area contributed by atoms with Crippen LogP contribution in [0.3, 0.4) is 0 Å². The lowest BCUT2D eigenvalue weighted by Crippen LogP contribution is -2.44. The summed E-state index contributed by atoms with van der Waals surface area (Å²) in [4.78, 5) is 25.7. The van der Waals surface area contributed by atoms with Crippen molar-refractivity contribution in [2.45, 2.75) is 49.2 Å². The molecule has 9 heteroatoms. The van der Waals surface area contributed by atoms with E-state index in [9.17, 15) is 26.4 Å². The molecule has 1 heterocycles. The van der Waals surface area contributed by atoms with Crippen molar-refractivity contribution >= 4 is 42.8 Å². The van der Waals surface area contributed by atoms with Crippen LogP contribution in [0.15, 0.2) is 17.0 Å². The third-order valence-corrected chi connectivity index (χ3v) is 9.92. The number of hydrogen-bond acceptors (Lipinski definition) is 6. The van der Waals surface area contributed by atoms with Gasteiger partial charge in [-0.05, 0) is 43.4 Å². The first-order chi connectivity index (χ1) is 12.6. The van der Waals surface area contributed by atoms with Crippen LogP contribution in [0.2, 0.25) is 5.02 Å². The van der Waals surface area contributed by atoms with E-state index in [-0.39, 0.29) is 52.0 Å². The second-order valence-electron chi connectivity index (χ2n) is 7.08. The number of halogens is 1. The largest absolute Gasteiger partial charge is 0.299 e. The van der Waals surface area contributed by atoms with Crippen LogP contribution in [0.4, 0.5) is 0 Å². The van der Waals surface area contributed by atoms with E-state index in [4.69, 9.17) is 11.6 Å². The first-order valence-corrected chi connectivity index (χ1v) is 12.7. The Balaban J connectivity index is 2.05. The predicted molar refractivity (Wildman–Crippen MR) is 102 cm³/mol. The van der Waals surface area contributed by atoms with E-state index in [1.165, 1.54) is 12.1 Å². The monoisotopic (exact) mass is 432 g/mol. The van der Waals surface area contributed by atoms with E-state index in [2.05, 4.69) is 0 Å². The van der Waals surface area contributed by atoms with Crippen molar-refractivity contribution in [3.8, 4) is 0 Å². The number of carbonyl (C=O) groups is 2. The van der Waals surface area contributed by atoms with Crippen molar-refractivity contribution in [2.24, 2.45) is 5.92 Å². The fraction of sp³-hybridized carbons (Fsp3) is 0.556. The minimum atomic E-state index is -3.59. The summed E-state index contributed by atoms with van der Waals surface area (Å²) in [6.45, 7) is 1.73. The lowest BCUT2D eigenvalue weighted by atomic mass is 9.82. The number of hydrogen-bond donors (Lipinski definition) is 0. The van der Waals surface area contributed by atoms with Gasteiger partial charge in [0.15, 0.2) is 25.5 Å². The summed E-state index contributed by atoms with van der Waals surface area (Å²) in [5.74, 6) is -2.44. The zero-order valence-electron chi connectivity index (χ0n) is 14.9. The van der Waals surface area contributed by atoms with Crippen LogP contribution in [0.25, 0.3) is 0 Å². The van der Waals surface area contributed by atoms with E-state index in [1.54, 1.807) is 6.92 Å². The number of fused-ring (bicyclic) bond motifs is 1. The van der Waals surface area contributed by atoms with Gasteiger partial charge in [0.1, 0.15) is 5.78 Å². The average molecular weight is 433 g/mol. The predicted octanol–water partition coefficient (Wildman–Crippen LogP) is 2.42. The SMILES string of the molecule is CCCS(=O)(=O)C1CCCC(=O)C1C(=O)c1ccc2c(c1Cl)CCS2(=O)=O. The molecule has 1 fully saturated rings. The molecule has 0 N–H and O–H groups in total. The normalized spacial score (nSPS) is 24.6.